The normalized spacial score (nSPS) is 10.3. The molecular formula is C27H20ClNO2. The van der Waals surface area contributed by atoms with Crippen LogP contribution in [0.25, 0.3) is 11.1 Å². The van der Waals surface area contributed by atoms with Crippen molar-refractivity contribution in [2.24, 2.45) is 0 Å². The van der Waals surface area contributed by atoms with Crippen LogP contribution in [0.3, 0.4) is 0 Å². The van der Waals surface area contributed by atoms with Crippen molar-refractivity contribution in [2.45, 2.75) is 13.2 Å². The smallest absolute Gasteiger partial charge is 0.225 e. The van der Waals surface area contributed by atoms with Crippen LogP contribution >= 0.6 is 11.6 Å². The van der Waals surface area contributed by atoms with Crippen molar-refractivity contribution in [3.8, 4) is 35.2 Å². The molecular weight excluding hydrogens is 406 g/mol. The van der Waals surface area contributed by atoms with Gasteiger partial charge in [-0.05, 0) is 34.9 Å². The molecule has 3 aromatic carbocycles. The number of halogens is 1. The van der Waals surface area contributed by atoms with Crippen molar-refractivity contribution in [1.29, 1.82) is 0 Å². The SMILES string of the molecule is C#Cc1cc(-c2ccc(OCc3ccccc3)nc2OCc2ccccc2)ccc1Cl. The molecule has 1 heterocycles. The Labute approximate surface area is 187 Å². The van der Waals surface area contributed by atoms with E-state index in [1.165, 1.54) is 0 Å². The van der Waals surface area contributed by atoms with Gasteiger partial charge in [0.05, 0.1) is 5.02 Å². The van der Waals surface area contributed by atoms with Crippen LogP contribution in [-0.4, -0.2) is 4.98 Å². The van der Waals surface area contributed by atoms with Crippen molar-refractivity contribution in [2.75, 3.05) is 0 Å². The molecule has 4 rings (SSSR count). The van der Waals surface area contributed by atoms with E-state index in [9.17, 15) is 0 Å². The molecule has 0 spiro atoms. The average molecular weight is 426 g/mol. The van der Waals surface area contributed by atoms with Gasteiger partial charge in [0.2, 0.25) is 11.8 Å². The number of hydrogen-bond donors (Lipinski definition) is 0. The number of nitrogens with zero attached hydrogens (tertiary/aromatic N) is 1. The largest absolute Gasteiger partial charge is 0.473 e. The van der Waals surface area contributed by atoms with E-state index < -0.39 is 0 Å². The highest BCUT2D eigenvalue weighted by Gasteiger charge is 2.13. The molecule has 0 saturated heterocycles. The van der Waals surface area contributed by atoms with Crippen molar-refractivity contribution in [1.82, 2.24) is 4.98 Å². The summed E-state index contributed by atoms with van der Waals surface area (Å²) in [6, 6.07) is 29.2. The highest BCUT2D eigenvalue weighted by atomic mass is 35.5. The van der Waals surface area contributed by atoms with Crippen molar-refractivity contribution >= 4 is 11.6 Å². The molecule has 0 fully saturated rings. The van der Waals surface area contributed by atoms with Crippen LogP contribution in [0.4, 0.5) is 0 Å². The van der Waals surface area contributed by atoms with E-state index in [0.29, 0.717) is 35.6 Å². The first-order valence-corrected chi connectivity index (χ1v) is 10.2. The predicted octanol–water partition coefficient (Wildman–Crippen LogP) is 6.54. The van der Waals surface area contributed by atoms with E-state index in [2.05, 4.69) is 10.9 Å². The standard InChI is InChI=1S/C27H20ClNO2/c1-2-22-17-23(13-15-25(22)28)24-14-16-26(30-18-20-9-5-3-6-10-20)29-27(24)31-19-21-11-7-4-8-12-21/h1,3-17H,18-19H2. The van der Waals surface area contributed by atoms with E-state index in [0.717, 1.165) is 22.3 Å². The van der Waals surface area contributed by atoms with E-state index in [-0.39, 0.29) is 0 Å². The number of rotatable bonds is 7. The Morgan fingerprint density at radius 1 is 0.774 bits per heavy atom. The Hall–Kier alpha value is -3.74. The van der Waals surface area contributed by atoms with Gasteiger partial charge in [0, 0.05) is 17.2 Å². The van der Waals surface area contributed by atoms with Crippen LogP contribution in [0.1, 0.15) is 16.7 Å². The number of ether oxygens (including phenoxy) is 2. The summed E-state index contributed by atoms with van der Waals surface area (Å²) in [5.41, 5.74) is 4.43. The first kappa shape index (κ1) is 20.5. The summed E-state index contributed by atoms with van der Waals surface area (Å²) in [4.78, 5) is 4.63. The maximum atomic E-state index is 6.18. The molecule has 1 aromatic heterocycles. The van der Waals surface area contributed by atoms with Gasteiger partial charge >= 0.3 is 0 Å². The lowest BCUT2D eigenvalue weighted by atomic mass is 10.0. The zero-order valence-electron chi connectivity index (χ0n) is 16.8. The molecule has 0 aliphatic heterocycles. The average Bonchev–Trinajstić information content (AvgIpc) is 2.83. The number of terminal acetylenes is 1. The molecule has 4 heteroatoms. The fourth-order valence-corrected chi connectivity index (χ4v) is 3.27. The Morgan fingerprint density at radius 3 is 2.06 bits per heavy atom. The highest BCUT2D eigenvalue weighted by Crippen LogP contribution is 2.33. The molecule has 0 amide bonds. The lowest BCUT2D eigenvalue weighted by molar-refractivity contribution is 0.268. The summed E-state index contributed by atoms with van der Waals surface area (Å²) in [5.74, 6) is 3.57. The van der Waals surface area contributed by atoms with Gasteiger partial charge in [-0.1, -0.05) is 84.3 Å². The second-order valence-corrected chi connectivity index (χ2v) is 7.30. The van der Waals surface area contributed by atoms with Gasteiger partial charge in [-0.15, -0.1) is 6.42 Å². The third-order valence-electron chi connectivity index (χ3n) is 4.72. The monoisotopic (exact) mass is 425 g/mol. The molecule has 31 heavy (non-hydrogen) atoms. The van der Waals surface area contributed by atoms with E-state index in [4.69, 9.17) is 27.5 Å². The predicted molar refractivity (Wildman–Crippen MR) is 124 cm³/mol. The summed E-state index contributed by atoms with van der Waals surface area (Å²) in [5, 5.41) is 0.536. The summed E-state index contributed by atoms with van der Waals surface area (Å²) >= 11 is 6.18. The second kappa shape index (κ2) is 9.84. The summed E-state index contributed by atoms with van der Waals surface area (Å²) in [6.07, 6.45) is 5.59. The summed E-state index contributed by atoms with van der Waals surface area (Å²) in [6.45, 7) is 0.812. The molecule has 0 atom stereocenters. The fourth-order valence-electron chi connectivity index (χ4n) is 3.09. The minimum absolute atomic E-state index is 0.387. The zero-order valence-corrected chi connectivity index (χ0v) is 17.5. The quantitative estimate of drug-likeness (QED) is 0.315. The van der Waals surface area contributed by atoms with Crippen molar-refractivity contribution < 1.29 is 9.47 Å². The first-order valence-electron chi connectivity index (χ1n) is 9.84. The Morgan fingerprint density at radius 2 is 1.42 bits per heavy atom. The molecule has 0 aliphatic rings. The second-order valence-electron chi connectivity index (χ2n) is 6.89. The number of hydrogen-bond acceptors (Lipinski definition) is 3. The Kier molecular flexibility index (Phi) is 6.52. The Balaban J connectivity index is 1.63. The molecule has 152 valence electrons. The van der Waals surface area contributed by atoms with E-state index in [1.54, 1.807) is 6.07 Å². The van der Waals surface area contributed by atoms with Crippen molar-refractivity contribution in [3.63, 3.8) is 0 Å². The minimum Gasteiger partial charge on any atom is -0.473 e. The van der Waals surface area contributed by atoms with Gasteiger partial charge in [0.15, 0.2) is 0 Å². The lowest BCUT2D eigenvalue weighted by Crippen LogP contribution is -2.02. The summed E-state index contributed by atoms with van der Waals surface area (Å²) in [7, 11) is 0. The third kappa shape index (κ3) is 5.25. The molecule has 0 aliphatic carbocycles. The maximum Gasteiger partial charge on any atom is 0.225 e. The molecule has 0 radical (unpaired) electrons. The van der Waals surface area contributed by atoms with E-state index in [1.807, 2.05) is 84.9 Å². The molecule has 3 nitrogen and oxygen atoms in total. The van der Waals surface area contributed by atoms with Crippen LogP contribution in [0.2, 0.25) is 5.02 Å². The number of aromatic nitrogens is 1. The van der Waals surface area contributed by atoms with Crippen LogP contribution in [0, 0.1) is 12.3 Å². The van der Waals surface area contributed by atoms with Gasteiger partial charge in [-0.25, -0.2) is 0 Å². The van der Waals surface area contributed by atoms with Gasteiger partial charge in [-0.3, -0.25) is 0 Å². The van der Waals surface area contributed by atoms with Gasteiger partial charge in [-0.2, -0.15) is 4.98 Å². The van der Waals surface area contributed by atoms with Gasteiger partial charge in [0.25, 0.3) is 0 Å². The zero-order chi connectivity index (χ0) is 21.5. The Bertz CT molecular complexity index is 1200. The molecule has 4 aromatic rings. The number of benzene rings is 3. The highest BCUT2D eigenvalue weighted by molar-refractivity contribution is 6.31. The molecule has 0 unspecified atom stereocenters. The van der Waals surface area contributed by atoms with E-state index >= 15 is 0 Å². The molecule has 0 N–H and O–H groups in total. The third-order valence-corrected chi connectivity index (χ3v) is 5.05. The molecule has 0 saturated carbocycles. The van der Waals surface area contributed by atoms with Crippen LogP contribution in [-0.2, 0) is 13.2 Å². The maximum absolute atomic E-state index is 6.18. The van der Waals surface area contributed by atoms with Gasteiger partial charge in [0.1, 0.15) is 13.2 Å². The van der Waals surface area contributed by atoms with Crippen LogP contribution in [0.5, 0.6) is 11.8 Å². The van der Waals surface area contributed by atoms with Gasteiger partial charge < -0.3 is 9.47 Å². The minimum atomic E-state index is 0.387. The van der Waals surface area contributed by atoms with Crippen LogP contribution < -0.4 is 9.47 Å². The van der Waals surface area contributed by atoms with Crippen LogP contribution in [0.15, 0.2) is 91.0 Å². The number of pyridine rings is 1. The fraction of sp³-hybridized carbons (Fsp3) is 0.0741. The van der Waals surface area contributed by atoms with Crippen molar-refractivity contribution in [3.05, 3.63) is 113 Å². The molecule has 0 bridgehead atoms. The first-order chi connectivity index (χ1) is 15.2. The lowest BCUT2D eigenvalue weighted by Gasteiger charge is -2.14. The topological polar surface area (TPSA) is 31.4 Å². The summed E-state index contributed by atoms with van der Waals surface area (Å²) < 4.78 is 12.0.